The number of benzene rings is 1. The third kappa shape index (κ3) is 2.35. The summed E-state index contributed by atoms with van der Waals surface area (Å²) in [7, 11) is 0. The predicted molar refractivity (Wildman–Crippen MR) is 64.2 cm³/mol. The molecule has 0 aromatic heterocycles. The van der Waals surface area contributed by atoms with E-state index in [1.165, 1.54) is 25.0 Å². The van der Waals surface area contributed by atoms with Crippen molar-refractivity contribution in [3.8, 4) is 0 Å². The zero-order valence-corrected chi connectivity index (χ0v) is 9.82. The van der Waals surface area contributed by atoms with Gasteiger partial charge in [-0.1, -0.05) is 12.1 Å². The maximum absolute atomic E-state index is 12.8. The molecule has 0 amide bonds. The summed E-state index contributed by atoms with van der Waals surface area (Å²) in [4.78, 5) is 0. The lowest BCUT2D eigenvalue weighted by Gasteiger charge is -2.37. The van der Waals surface area contributed by atoms with Gasteiger partial charge >= 0.3 is 0 Å². The molecule has 2 bridgehead atoms. The Kier molecular flexibility index (Phi) is 2.68. The normalized spacial score (nSPS) is 36.1. The number of piperidine rings is 1. The van der Waals surface area contributed by atoms with Crippen molar-refractivity contribution in [3.05, 3.63) is 35.6 Å². The average Bonchev–Trinajstić information content (AvgIpc) is 2.62. The second-order valence-corrected chi connectivity index (χ2v) is 5.57. The van der Waals surface area contributed by atoms with Crippen LogP contribution in [0.25, 0.3) is 0 Å². The fraction of sp³-hybridized carbons (Fsp3) is 0.571. The fourth-order valence-corrected chi connectivity index (χ4v) is 3.35. The van der Waals surface area contributed by atoms with Crippen LogP contribution < -0.4 is 5.32 Å². The van der Waals surface area contributed by atoms with Crippen molar-refractivity contribution in [3.63, 3.8) is 0 Å². The van der Waals surface area contributed by atoms with Crippen LogP contribution in [0.4, 0.5) is 4.39 Å². The number of nitrogens with one attached hydrogen (secondary N) is 1. The van der Waals surface area contributed by atoms with Crippen LogP contribution in [0.5, 0.6) is 0 Å². The molecule has 3 heteroatoms. The van der Waals surface area contributed by atoms with Crippen molar-refractivity contribution in [2.75, 3.05) is 0 Å². The van der Waals surface area contributed by atoms with Gasteiger partial charge in [0.15, 0.2) is 0 Å². The SMILES string of the molecule is OC1(Cc2ccc(F)cc2)CC2CCC(C1)N2. The summed E-state index contributed by atoms with van der Waals surface area (Å²) in [6, 6.07) is 7.43. The lowest BCUT2D eigenvalue weighted by molar-refractivity contribution is -0.00609. The van der Waals surface area contributed by atoms with E-state index in [1.807, 2.05) is 0 Å². The number of aliphatic hydroxyl groups is 1. The van der Waals surface area contributed by atoms with Crippen LogP contribution in [-0.2, 0) is 6.42 Å². The highest BCUT2D eigenvalue weighted by molar-refractivity contribution is 5.19. The average molecular weight is 235 g/mol. The zero-order valence-electron chi connectivity index (χ0n) is 9.82. The van der Waals surface area contributed by atoms with Crippen LogP contribution in [0, 0.1) is 5.82 Å². The van der Waals surface area contributed by atoms with Crippen molar-refractivity contribution in [2.24, 2.45) is 0 Å². The van der Waals surface area contributed by atoms with Gasteiger partial charge in [0.25, 0.3) is 0 Å². The highest BCUT2D eigenvalue weighted by Gasteiger charge is 2.42. The molecule has 2 nitrogen and oxygen atoms in total. The van der Waals surface area contributed by atoms with Gasteiger partial charge in [0.05, 0.1) is 5.60 Å². The van der Waals surface area contributed by atoms with Gasteiger partial charge in [0, 0.05) is 18.5 Å². The largest absolute Gasteiger partial charge is 0.389 e. The van der Waals surface area contributed by atoms with E-state index in [1.54, 1.807) is 12.1 Å². The number of rotatable bonds is 2. The molecule has 0 aliphatic carbocycles. The Bertz CT molecular complexity index is 391. The van der Waals surface area contributed by atoms with Crippen LogP contribution >= 0.6 is 0 Å². The Morgan fingerprint density at radius 2 is 1.76 bits per heavy atom. The first-order valence-corrected chi connectivity index (χ1v) is 6.36. The van der Waals surface area contributed by atoms with Gasteiger partial charge in [-0.3, -0.25) is 0 Å². The van der Waals surface area contributed by atoms with Crippen molar-refractivity contribution in [2.45, 2.75) is 49.8 Å². The molecular formula is C14H18FNO. The molecule has 1 aromatic carbocycles. The van der Waals surface area contributed by atoms with Crippen LogP contribution in [0.3, 0.4) is 0 Å². The Morgan fingerprint density at radius 1 is 1.18 bits per heavy atom. The zero-order chi connectivity index (χ0) is 11.9. The van der Waals surface area contributed by atoms with E-state index in [0.29, 0.717) is 18.5 Å². The molecule has 2 saturated heterocycles. The molecule has 2 unspecified atom stereocenters. The molecular weight excluding hydrogens is 217 g/mol. The van der Waals surface area contributed by atoms with E-state index in [4.69, 9.17) is 0 Å². The van der Waals surface area contributed by atoms with Crippen molar-refractivity contribution < 1.29 is 9.50 Å². The van der Waals surface area contributed by atoms with Gasteiger partial charge in [-0.15, -0.1) is 0 Å². The minimum absolute atomic E-state index is 0.217. The summed E-state index contributed by atoms with van der Waals surface area (Å²) in [5.74, 6) is -0.217. The van der Waals surface area contributed by atoms with E-state index in [2.05, 4.69) is 5.32 Å². The molecule has 0 radical (unpaired) electrons. The van der Waals surface area contributed by atoms with E-state index < -0.39 is 5.60 Å². The molecule has 1 aromatic rings. The molecule has 3 rings (SSSR count). The number of fused-ring (bicyclic) bond motifs is 2. The van der Waals surface area contributed by atoms with Crippen molar-refractivity contribution in [1.82, 2.24) is 5.32 Å². The predicted octanol–water partition coefficient (Wildman–Crippen LogP) is 2.01. The summed E-state index contributed by atoms with van der Waals surface area (Å²) in [6.45, 7) is 0. The van der Waals surface area contributed by atoms with Gasteiger partial charge in [0.2, 0.25) is 0 Å². The summed E-state index contributed by atoms with van der Waals surface area (Å²) in [5.41, 5.74) is 0.421. The molecule has 2 aliphatic heterocycles. The Morgan fingerprint density at radius 3 is 2.35 bits per heavy atom. The highest BCUT2D eigenvalue weighted by atomic mass is 19.1. The van der Waals surface area contributed by atoms with Crippen LogP contribution in [0.2, 0.25) is 0 Å². The summed E-state index contributed by atoms with van der Waals surface area (Å²) in [5, 5.41) is 14.2. The quantitative estimate of drug-likeness (QED) is 0.822. The molecule has 0 spiro atoms. The van der Waals surface area contributed by atoms with Gasteiger partial charge in [0.1, 0.15) is 5.82 Å². The van der Waals surface area contributed by atoms with E-state index >= 15 is 0 Å². The minimum atomic E-state index is -0.602. The standard InChI is InChI=1S/C14H18FNO/c15-11-3-1-10(2-4-11)7-14(17)8-12-5-6-13(9-14)16-12/h1-4,12-13,16-17H,5-9H2. The smallest absolute Gasteiger partial charge is 0.123 e. The van der Waals surface area contributed by atoms with Crippen molar-refractivity contribution in [1.29, 1.82) is 0 Å². The second-order valence-electron chi connectivity index (χ2n) is 5.57. The van der Waals surface area contributed by atoms with E-state index in [9.17, 15) is 9.50 Å². The molecule has 17 heavy (non-hydrogen) atoms. The van der Waals surface area contributed by atoms with Gasteiger partial charge in [-0.05, 0) is 43.4 Å². The molecule has 92 valence electrons. The Hall–Kier alpha value is -0.930. The van der Waals surface area contributed by atoms with Crippen LogP contribution in [0.15, 0.2) is 24.3 Å². The molecule has 2 aliphatic rings. The number of hydrogen-bond donors (Lipinski definition) is 2. The van der Waals surface area contributed by atoms with Crippen LogP contribution in [0.1, 0.15) is 31.2 Å². The van der Waals surface area contributed by atoms with Gasteiger partial charge < -0.3 is 10.4 Å². The number of halogens is 1. The first-order valence-electron chi connectivity index (χ1n) is 6.36. The topological polar surface area (TPSA) is 32.3 Å². The van der Waals surface area contributed by atoms with Crippen molar-refractivity contribution >= 4 is 0 Å². The lowest BCUT2D eigenvalue weighted by atomic mass is 9.82. The minimum Gasteiger partial charge on any atom is -0.389 e. The van der Waals surface area contributed by atoms with E-state index in [0.717, 1.165) is 18.4 Å². The summed E-state index contributed by atoms with van der Waals surface area (Å²) >= 11 is 0. The first-order chi connectivity index (χ1) is 8.13. The maximum atomic E-state index is 12.8. The highest BCUT2D eigenvalue weighted by Crippen LogP contribution is 2.35. The fourth-order valence-electron chi connectivity index (χ4n) is 3.35. The number of hydrogen-bond acceptors (Lipinski definition) is 2. The molecule has 2 heterocycles. The monoisotopic (exact) mass is 235 g/mol. The lowest BCUT2D eigenvalue weighted by Crippen LogP contribution is -2.49. The molecule has 0 saturated carbocycles. The first kappa shape index (κ1) is 11.2. The third-order valence-electron chi connectivity index (χ3n) is 4.03. The summed E-state index contributed by atoms with van der Waals surface area (Å²) in [6.07, 6.45) is 4.64. The third-order valence-corrected chi connectivity index (χ3v) is 4.03. The Labute approximate surface area is 101 Å². The maximum Gasteiger partial charge on any atom is 0.123 e. The molecule has 2 fully saturated rings. The molecule has 2 N–H and O–H groups in total. The van der Waals surface area contributed by atoms with E-state index in [-0.39, 0.29) is 5.82 Å². The molecule has 2 atom stereocenters. The Balaban J connectivity index is 1.73. The van der Waals surface area contributed by atoms with Gasteiger partial charge in [-0.2, -0.15) is 0 Å². The summed E-state index contributed by atoms with van der Waals surface area (Å²) < 4.78 is 12.8. The van der Waals surface area contributed by atoms with Gasteiger partial charge in [-0.25, -0.2) is 4.39 Å². The second kappa shape index (κ2) is 4.07. The van der Waals surface area contributed by atoms with Crippen LogP contribution in [-0.4, -0.2) is 22.8 Å².